The first-order valence-electron chi connectivity index (χ1n) is 4.73. The molecule has 1 aromatic carbocycles. The van der Waals surface area contributed by atoms with E-state index in [1.165, 1.54) is 5.56 Å². The summed E-state index contributed by atoms with van der Waals surface area (Å²) in [6, 6.07) is 6.27. The van der Waals surface area contributed by atoms with Gasteiger partial charge in [-0.3, -0.25) is 0 Å². The highest BCUT2D eigenvalue weighted by atomic mass is 16.5. The van der Waals surface area contributed by atoms with Gasteiger partial charge in [-0.15, -0.1) is 0 Å². The Morgan fingerprint density at radius 2 is 2.31 bits per heavy atom. The van der Waals surface area contributed by atoms with Crippen molar-refractivity contribution in [3.05, 3.63) is 23.8 Å². The average Bonchev–Trinajstić information content (AvgIpc) is 2.29. The largest absolute Gasteiger partial charge is 0.491 e. The summed E-state index contributed by atoms with van der Waals surface area (Å²) < 4.78 is 5.68. The fourth-order valence-electron chi connectivity index (χ4n) is 1.47. The number of aryl methyl sites for hydroxylation is 1. The molecule has 0 radical (unpaired) electrons. The molecule has 0 amide bonds. The van der Waals surface area contributed by atoms with Crippen molar-refractivity contribution >= 4 is 5.69 Å². The summed E-state index contributed by atoms with van der Waals surface area (Å²) in [5.41, 5.74) is 2.37. The Labute approximate surface area is 78.9 Å². The average molecular weight is 177 g/mol. The lowest BCUT2D eigenvalue weighted by Crippen LogP contribution is -2.13. The van der Waals surface area contributed by atoms with Gasteiger partial charge in [0.2, 0.25) is 0 Å². The molecule has 1 aromatic rings. The summed E-state index contributed by atoms with van der Waals surface area (Å²) in [6.45, 7) is 6.07. The topological polar surface area (TPSA) is 21.3 Å². The summed E-state index contributed by atoms with van der Waals surface area (Å²) in [5, 5.41) is 3.38. The van der Waals surface area contributed by atoms with Crippen LogP contribution in [0.3, 0.4) is 0 Å². The Bertz CT molecular complexity index is 309. The van der Waals surface area contributed by atoms with Gasteiger partial charge in [0.1, 0.15) is 5.75 Å². The monoisotopic (exact) mass is 177 g/mol. The zero-order valence-corrected chi connectivity index (χ0v) is 8.13. The van der Waals surface area contributed by atoms with E-state index in [0.29, 0.717) is 5.92 Å². The first kappa shape index (κ1) is 8.42. The van der Waals surface area contributed by atoms with Crippen molar-refractivity contribution in [3.8, 4) is 5.75 Å². The van der Waals surface area contributed by atoms with Crippen molar-refractivity contribution in [2.24, 2.45) is 5.92 Å². The van der Waals surface area contributed by atoms with Gasteiger partial charge in [0.05, 0.1) is 12.3 Å². The van der Waals surface area contributed by atoms with Gasteiger partial charge in [0, 0.05) is 12.5 Å². The van der Waals surface area contributed by atoms with Crippen molar-refractivity contribution < 1.29 is 4.74 Å². The minimum absolute atomic E-state index is 0.577. The van der Waals surface area contributed by atoms with Gasteiger partial charge in [0.15, 0.2) is 0 Å². The molecule has 1 N–H and O–H groups in total. The van der Waals surface area contributed by atoms with Crippen LogP contribution in [0.2, 0.25) is 0 Å². The van der Waals surface area contributed by atoms with E-state index < -0.39 is 0 Å². The molecule has 0 aromatic heterocycles. The van der Waals surface area contributed by atoms with E-state index in [1.807, 2.05) is 0 Å². The molecular weight excluding hydrogens is 162 g/mol. The van der Waals surface area contributed by atoms with Crippen LogP contribution in [0.1, 0.15) is 12.5 Å². The van der Waals surface area contributed by atoms with Crippen LogP contribution in [0, 0.1) is 12.8 Å². The summed E-state index contributed by atoms with van der Waals surface area (Å²) in [6.07, 6.45) is 0. The van der Waals surface area contributed by atoms with E-state index >= 15 is 0 Å². The number of anilines is 1. The summed E-state index contributed by atoms with van der Waals surface area (Å²) in [7, 11) is 0. The smallest absolute Gasteiger partial charge is 0.142 e. The fraction of sp³-hybridized carbons (Fsp3) is 0.455. The molecule has 0 spiro atoms. The van der Waals surface area contributed by atoms with Crippen LogP contribution in [0.15, 0.2) is 18.2 Å². The first-order valence-corrected chi connectivity index (χ1v) is 4.73. The van der Waals surface area contributed by atoms with Crippen molar-refractivity contribution in [1.29, 1.82) is 0 Å². The fourth-order valence-corrected chi connectivity index (χ4v) is 1.47. The number of rotatable bonds is 0. The number of benzene rings is 1. The molecule has 2 nitrogen and oxygen atoms in total. The van der Waals surface area contributed by atoms with E-state index in [4.69, 9.17) is 4.74 Å². The van der Waals surface area contributed by atoms with E-state index in [9.17, 15) is 0 Å². The zero-order valence-electron chi connectivity index (χ0n) is 8.13. The van der Waals surface area contributed by atoms with Gasteiger partial charge in [-0.05, 0) is 24.6 Å². The van der Waals surface area contributed by atoms with Crippen LogP contribution in [0.25, 0.3) is 0 Å². The van der Waals surface area contributed by atoms with Gasteiger partial charge in [-0.2, -0.15) is 0 Å². The van der Waals surface area contributed by atoms with Crippen LogP contribution in [0.5, 0.6) is 5.75 Å². The maximum Gasteiger partial charge on any atom is 0.142 e. The molecule has 1 aliphatic heterocycles. The number of nitrogens with one attached hydrogen (secondary N) is 1. The number of hydrogen-bond donors (Lipinski definition) is 1. The SMILES string of the molecule is Cc1ccc2c(c1)OC[C@H](C)CN2. The van der Waals surface area contributed by atoms with Crippen molar-refractivity contribution in [3.63, 3.8) is 0 Å². The second kappa shape index (κ2) is 3.29. The van der Waals surface area contributed by atoms with Crippen LogP contribution >= 0.6 is 0 Å². The maximum atomic E-state index is 5.68. The molecule has 0 saturated carbocycles. The van der Waals surface area contributed by atoms with Gasteiger partial charge in [-0.25, -0.2) is 0 Å². The molecule has 13 heavy (non-hydrogen) atoms. The molecule has 0 unspecified atom stereocenters. The highest BCUT2D eigenvalue weighted by molar-refractivity contribution is 5.58. The van der Waals surface area contributed by atoms with E-state index in [1.54, 1.807) is 0 Å². The van der Waals surface area contributed by atoms with Gasteiger partial charge in [-0.1, -0.05) is 13.0 Å². The van der Waals surface area contributed by atoms with Crippen LogP contribution in [0.4, 0.5) is 5.69 Å². The first-order chi connectivity index (χ1) is 6.25. The second-order valence-corrected chi connectivity index (χ2v) is 3.80. The second-order valence-electron chi connectivity index (χ2n) is 3.80. The quantitative estimate of drug-likeness (QED) is 0.657. The third kappa shape index (κ3) is 1.77. The van der Waals surface area contributed by atoms with Gasteiger partial charge >= 0.3 is 0 Å². The highest BCUT2D eigenvalue weighted by Gasteiger charge is 2.12. The highest BCUT2D eigenvalue weighted by Crippen LogP contribution is 2.28. The van der Waals surface area contributed by atoms with Crippen molar-refractivity contribution in [2.45, 2.75) is 13.8 Å². The Morgan fingerprint density at radius 3 is 3.15 bits per heavy atom. The molecule has 70 valence electrons. The molecule has 1 aliphatic rings. The minimum atomic E-state index is 0.577. The van der Waals surface area contributed by atoms with Gasteiger partial charge < -0.3 is 10.1 Å². The molecule has 0 fully saturated rings. The van der Waals surface area contributed by atoms with E-state index in [0.717, 1.165) is 24.6 Å². The molecule has 2 rings (SSSR count). The third-order valence-electron chi connectivity index (χ3n) is 2.30. The molecule has 2 heteroatoms. The molecular formula is C11H15NO. The molecule has 0 bridgehead atoms. The Hall–Kier alpha value is -1.18. The van der Waals surface area contributed by atoms with Crippen molar-refractivity contribution in [1.82, 2.24) is 0 Å². The Kier molecular flexibility index (Phi) is 2.13. The Balaban J connectivity index is 2.30. The summed E-state index contributed by atoms with van der Waals surface area (Å²) >= 11 is 0. The molecule has 0 saturated heterocycles. The lowest BCUT2D eigenvalue weighted by atomic mass is 10.2. The maximum absolute atomic E-state index is 5.68. The Morgan fingerprint density at radius 1 is 1.46 bits per heavy atom. The number of ether oxygens (including phenoxy) is 1. The number of hydrogen-bond acceptors (Lipinski definition) is 2. The predicted octanol–water partition coefficient (Wildman–Crippen LogP) is 2.44. The van der Waals surface area contributed by atoms with Crippen molar-refractivity contribution in [2.75, 3.05) is 18.5 Å². The van der Waals surface area contributed by atoms with Crippen LogP contribution in [-0.4, -0.2) is 13.2 Å². The number of fused-ring (bicyclic) bond motifs is 1. The van der Waals surface area contributed by atoms with Gasteiger partial charge in [0.25, 0.3) is 0 Å². The van der Waals surface area contributed by atoms with E-state index in [-0.39, 0.29) is 0 Å². The van der Waals surface area contributed by atoms with E-state index in [2.05, 4.69) is 37.4 Å². The molecule has 1 heterocycles. The summed E-state index contributed by atoms with van der Waals surface area (Å²) in [4.78, 5) is 0. The third-order valence-corrected chi connectivity index (χ3v) is 2.30. The van der Waals surface area contributed by atoms with Crippen LogP contribution < -0.4 is 10.1 Å². The molecule has 1 atom stereocenters. The zero-order chi connectivity index (χ0) is 9.26. The van der Waals surface area contributed by atoms with Crippen LogP contribution in [-0.2, 0) is 0 Å². The lowest BCUT2D eigenvalue weighted by Gasteiger charge is -2.07. The minimum Gasteiger partial charge on any atom is -0.491 e. The lowest BCUT2D eigenvalue weighted by molar-refractivity contribution is 0.275. The normalized spacial score (nSPS) is 20.9. The standard InChI is InChI=1S/C11H15NO/c1-8-3-4-10-11(5-8)13-7-9(2)6-12-10/h3-5,9,12H,6-7H2,1-2H3/t9-/m1/s1. The summed E-state index contributed by atoms with van der Waals surface area (Å²) in [5.74, 6) is 1.57. The molecule has 0 aliphatic carbocycles. The predicted molar refractivity (Wildman–Crippen MR) is 54.3 cm³/mol.